The molecular weight excluding hydrogens is 370 g/mol. The summed E-state index contributed by atoms with van der Waals surface area (Å²) in [4.78, 5) is 15.2. The molecule has 4 rings (SSSR count). The summed E-state index contributed by atoms with van der Waals surface area (Å²) < 4.78 is 7.83. The maximum absolute atomic E-state index is 11.0. The fourth-order valence-electron chi connectivity index (χ4n) is 3.19. The molecule has 0 aliphatic rings. The highest BCUT2D eigenvalue weighted by Gasteiger charge is 2.13. The second-order valence-electron chi connectivity index (χ2n) is 6.50. The molecule has 0 fully saturated rings. The van der Waals surface area contributed by atoms with Crippen LogP contribution >= 0.6 is 0 Å². The Bertz CT molecular complexity index is 1220. The van der Waals surface area contributed by atoms with Crippen molar-refractivity contribution < 1.29 is 9.34 Å². The van der Waals surface area contributed by atoms with Gasteiger partial charge in [-0.3, -0.25) is 10.1 Å². The average Bonchev–Trinajstić information content (AvgIpc) is 3.32. The van der Waals surface area contributed by atoms with Crippen LogP contribution in [-0.4, -0.2) is 20.7 Å². The van der Waals surface area contributed by atoms with Crippen molar-refractivity contribution in [1.29, 1.82) is 0 Å². The van der Waals surface area contributed by atoms with Gasteiger partial charge in [-0.2, -0.15) is 5.10 Å². The number of hydrazone groups is 1. The molecule has 0 saturated heterocycles. The standard InChI is InChI=1S/C21H19N5O3/c1-3-25-19-7-5-4-6-18(19)23-21(25)24-22-13-16-10-11-20(29-16)17-12-15(26(27)28)9-8-14(17)2/h4-13H,3H2,1-2H3,(H,23,24)/b22-13-. The Kier molecular flexibility index (Phi) is 4.82. The van der Waals surface area contributed by atoms with Crippen molar-refractivity contribution in [2.45, 2.75) is 20.4 Å². The molecule has 2 aromatic carbocycles. The number of nitrogens with zero attached hydrogens (tertiary/aromatic N) is 4. The van der Waals surface area contributed by atoms with Crippen LogP contribution in [0.15, 0.2) is 64.1 Å². The minimum Gasteiger partial charge on any atom is -0.455 e. The van der Waals surface area contributed by atoms with Crippen LogP contribution in [0, 0.1) is 17.0 Å². The Morgan fingerprint density at radius 2 is 2.07 bits per heavy atom. The number of para-hydroxylation sites is 2. The van der Waals surface area contributed by atoms with Gasteiger partial charge in [0, 0.05) is 24.2 Å². The predicted octanol–water partition coefficient (Wildman–Crippen LogP) is 4.98. The number of furan rings is 1. The van der Waals surface area contributed by atoms with Crippen LogP contribution in [0.25, 0.3) is 22.4 Å². The lowest BCUT2D eigenvalue weighted by Crippen LogP contribution is -2.01. The van der Waals surface area contributed by atoms with Gasteiger partial charge in [0.1, 0.15) is 11.5 Å². The molecule has 2 heterocycles. The number of rotatable bonds is 6. The Balaban J connectivity index is 1.55. The second-order valence-corrected chi connectivity index (χ2v) is 6.50. The SMILES string of the molecule is CCn1c(N/N=C\c2ccc(-c3cc([N+](=O)[O-])ccc3C)o2)nc2ccccc21. The largest absolute Gasteiger partial charge is 0.455 e. The van der Waals surface area contributed by atoms with Crippen molar-refractivity contribution in [3.8, 4) is 11.3 Å². The van der Waals surface area contributed by atoms with Gasteiger partial charge in [-0.05, 0) is 43.7 Å². The van der Waals surface area contributed by atoms with E-state index in [1.54, 1.807) is 24.4 Å². The Morgan fingerprint density at radius 1 is 1.24 bits per heavy atom. The van der Waals surface area contributed by atoms with Crippen molar-refractivity contribution in [1.82, 2.24) is 9.55 Å². The van der Waals surface area contributed by atoms with E-state index in [-0.39, 0.29) is 5.69 Å². The zero-order chi connectivity index (χ0) is 20.4. The average molecular weight is 389 g/mol. The van der Waals surface area contributed by atoms with Gasteiger partial charge in [-0.25, -0.2) is 10.4 Å². The summed E-state index contributed by atoms with van der Waals surface area (Å²) in [7, 11) is 0. The highest BCUT2D eigenvalue weighted by atomic mass is 16.6. The summed E-state index contributed by atoms with van der Waals surface area (Å²) in [5.74, 6) is 1.72. The molecule has 0 unspecified atom stereocenters. The van der Waals surface area contributed by atoms with Crippen LogP contribution in [0.3, 0.4) is 0 Å². The molecule has 29 heavy (non-hydrogen) atoms. The van der Waals surface area contributed by atoms with Crippen molar-refractivity contribution in [2.24, 2.45) is 5.10 Å². The lowest BCUT2D eigenvalue weighted by atomic mass is 10.1. The first-order valence-electron chi connectivity index (χ1n) is 9.16. The quantitative estimate of drug-likeness (QED) is 0.285. The van der Waals surface area contributed by atoms with Crippen LogP contribution in [0.2, 0.25) is 0 Å². The number of hydrogen-bond donors (Lipinski definition) is 1. The molecular formula is C21H19N5O3. The normalized spacial score (nSPS) is 11.4. The molecule has 0 spiro atoms. The zero-order valence-electron chi connectivity index (χ0n) is 16.0. The molecule has 0 amide bonds. The number of non-ortho nitro benzene ring substituents is 1. The summed E-state index contributed by atoms with van der Waals surface area (Å²) >= 11 is 0. The smallest absolute Gasteiger partial charge is 0.270 e. The lowest BCUT2D eigenvalue weighted by Gasteiger charge is -2.04. The first kappa shape index (κ1) is 18.4. The maximum atomic E-state index is 11.0. The van der Waals surface area contributed by atoms with E-state index in [1.807, 2.05) is 42.7 Å². The molecule has 0 atom stereocenters. The van der Waals surface area contributed by atoms with Gasteiger partial charge in [0.15, 0.2) is 0 Å². The number of nitrogens with one attached hydrogen (secondary N) is 1. The zero-order valence-corrected chi connectivity index (χ0v) is 16.0. The minimum atomic E-state index is -0.419. The van der Waals surface area contributed by atoms with Gasteiger partial charge in [0.05, 0.1) is 22.2 Å². The van der Waals surface area contributed by atoms with E-state index in [4.69, 9.17) is 4.42 Å². The van der Waals surface area contributed by atoms with Crippen LogP contribution in [-0.2, 0) is 6.54 Å². The minimum absolute atomic E-state index is 0.0253. The van der Waals surface area contributed by atoms with Crippen LogP contribution in [0.4, 0.5) is 11.6 Å². The molecule has 0 aliphatic heterocycles. The summed E-state index contributed by atoms with van der Waals surface area (Å²) in [6.07, 6.45) is 1.55. The van der Waals surface area contributed by atoms with E-state index in [9.17, 15) is 10.1 Å². The Hall–Kier alpha value is -3.94. The van der Waals surface area contributed by atoms with Crippen LogP contribution in [0.5, 0.6) is 0 Å². The van der Waals surface area contributed by atoms with Crippen molar-refractivity contribution in [3.05, 3.63) is 76.0 Å². The van der Waals surface area contributed by atoms with Crippen molar-refractivity contribution >= 4 is 28.9 Å². The fourth-order valence-corrected chi connectivity index (χ4v) is 3.19. The summed E-state index contributed by atoms with van der Waals surface area (Å²) in [6, 6.07) is 16.1. The van der Waals surface area contributed by atoms with Gasteiger partial charge >= 0.3 is 0 Å². The number of anilines is 1. The van der Waals surface area contributed by atoms with E-state index in [2.05, 4.69) is 15.5 Å². The molecule has 2 aromatic heterocycles. The Labute approximate surface area is 166 Å². The molecule has 4 aromatic rings. The van der Waals surface area contributed by atoms with Crippen molar-refractivity contribution in [2.75, 3.05) is 5.43 Å². The van der Waals surface area contributed by atoms with Gasteiger partial charge in [0.2, 0.25) is 5.95 Å². The van der Waals surface area contributed by atoms with E-state index in [1.165, 1.54) is 12.1 Å². The van der Waals surface area contributed by atoms with E-state index >= 15 is 0 Å². The molecule has 8 heteroatoms. The number of nitro benzene ring substituents is 1. The predicted molar refractivity (Wildman–Crippen MR) is 112 cm³/mol. The number of hydrogen-bond acceptors (Lipinski definition) is 6. The van der Waals surface area contributed by atoms with Gasteiger partial charge in [-0.15, -0.1) is 0 Å². The Morgan fingerprint density at radius 3 is 2.86 bits per heavy atom. The molecule has 0 radical (unpaired) electrons. The first-order valence-corrected chi connectivity index (χ1v) is 9.16. The highest BCUT2D eigenvalue weighted by molar-refractivity contribution is 5.80. The maximum Gasteiger partial charge on any atom is 0.270 e. The van der Waals surface area contributed by atoms with E-state index in [0.717, 1.165) is 23.1 Å². The summed E-state index contributed by atoms with van der Waals surface area (Å²) in [5, 5.41) is 15.3. The molecule has 0 aliphatic carbocycles. The van der Waals surface area contributed by atoms with E-state index < -0.39 is 4.92 Å². The lowest BCUT2D eigenvalue weighted by molar-refractivity contribution is -0.384. The van der Waals surface area contributed by atoms with E-state index in [0.29, 0.717) is 23.0 Å². The highest BCUT2D eigenvalue weighted by Crippen LogP contribution is 2.29. The monoisotopic (exact) mass is 389 g/mol. The first-order chi connectivity index (χ1) is 14.1. The molecule has 146 valence electrons. The van der Waals surface area contributed by atoms with Gasteiger partial charge < -0.3 is 8.98 Å². The number of imidazole rings is 1. The van der Waals surface area contributed by atoms with Crippen LogP contribution in [0.1, 0.15) is 18.2 Å². The number of aromatic nitrogens is 2. The fraction of sp³-hybridized carbons (Fsp3) is 0.143. The molecule has 1 N–H and O–H groups in total. The molecule has 8 nitrogen and oxygen atoms in total. The topological polar surface area (TPSA) is 98.5 Å². The third-order valence-corrected chi connectivity index (χ3v) is 4.65. The number of fused-ring (bicyclic) bond motifs is 1. The second kappa shape index (κ2) is 7.59. The third kappa shape index (κ3) is 3.60. The molecule has 0 saturated carbocycles. The van der Waals surface area contributed by atoms with Gasteiger partial charge in [0.25, 0.3) is 5.69 Å². The van der Waals surface area contributed by atoms with Crippen molar-refractivity contribution in [3.63, 3.8) is 0 Å². The summed E-state index contributed by atoms with van der Waals surface area (Å²) in [5.41, 5.74) is 6.49. The van der Waals surface area contributed by atoms with Crippen LogP contribution < -0.4 is 5.43 Å². The number of aryl methyl sites for hydroxylation is 2. The molecule has 0 bridgehead atoms. The van der Waals surface area contributed by atoms with Gasteiger partial charge in [-0.1, -0.05) is 18.2 Å². The number of nitro groups is 1. The third-order valence-electron chi connectivity index (χ3n) is 4.65. The number of benzene rings is 2. The summed E-state index contributed by atoms with van der Waals surface area (Å²) in [6.45, 7) is 4.69.